The Labute approximate surface area is 219 Å². The van der Waals surface area contributed by atoms with Crippen LogP contribution in [0, 0.1) is 24.2 Å². The molecule has 0 radical (unpaired) electrons. The van der Waals surface area contributed by atoms with Gasteiger partial charge in [0.05, 0.1) is 22.3 Å². The number of hydrogen-bond acceptors (Lipinski definition) is 4. The average molecular weight is 512 g/mol. The maximum Gasteiger partial charge on any atom is 0.230 e. The molecular formula is C29H38ClN3O3. The first kappa shape index (κ1) is 25.3. The third-order valence-corrected chi connectivity index (χ3v) is 8.43. The summed E-state index contributed by atoms with van der Waals surface area (Å²) < 4.78 is 6.06. The topological polar surface area (TPSA) is 75.4 Å². The van der Waals surface area contributed by atoms with Gasteiger partial charge in [-0.15, -0.1) is 0 Å². The van der Waals surface area contributed by atoms with Crippen LogP contribution in [0.4, 0.5) is 5.69 Å². The van der Waals surface area contributed by atoms with Crippen LogP contribution in [-0.4, -0.2) is 35.0 Å². The van der Waals surface area contributed by atoms with Crippen LogP contribution >= 0.6 is 11.6 Å². The molecule has 7 heteroatoms. The second-order valence-electron chi connectivity index (χ2n) is 12.5. The first-order chi connectivity index (χ1) is 17.0. The summed E-state index contributed by atoms with van der Waals surface area (Å²) in [6.45, 7) is 11.3. The summed E-state index contributed by atoms with van der Waals surface area (Å²) in [6.07, 6.45) is 5.79. The van der Waals surface area contributed by atoms with E-state index in [2.05, 4.69) is 31.2 Å². The fourth-order valence-electron chi connectivity index (χ4n) is 6.20. The van der Waals surface area contributed by atoms with Gasteiger partial charge in [-0.2, -0.15) is 0 Å². The van der Waals surface area contributed by atoms with Crippen molar-refractivity contribution < 1.29 is 14.1 Å². The van der Waals surface area contributed by atoms with Crippen molar-refractivity contribution in [3.8, 4) is 0 Å². The Morgan fingerprint density at radius 3 is 2.50 bits per heavy atom. The molecule has 2 saturated carbocycles. The third kappa shape index (κ3) is 5.20. The first-order valence-corrected chi connectivity index (χ1v) is 13.7. The van der Waals surface area contributed by atoms with E-state index < -0.39 is 5.92 Å². The highest BCUT2D eigenvalue weighted by Gasteiger charge is 2.47. The van der Waals surface area contributed by atoms with E-state index in [9.17, 15) is 9.59 Å². The van der Waals surface area contributed by atoms with Gasteiger partial charge < -0.3 is 14.7 Å². The summed E-state index contributed by atoms with van der Waals surface area (Å²) in [5, 5.41) is 8.13. The summed E-state index contributed by atoms with van der Waals surface area (Å²) in [5.74, 6) is 1.91. The van der Waals surface area contributed by atoms with Crippen molar-refractivity contribution in [1.29, 1.82) is 0 Å². The number of nitrogens with one attached hydrogen (secondary N) is 1. The Hall–Kier alpha value is -2.34. The second kappa shape index (κ2) is 9.51. The number of hydrogen-bond donors (Lipinski definition) is 1. The number of nitrogens with zero attached hydrogens (tertiary/aromatic N) is 2. The molecule has 0 spiro atoms. The van der Waals surface area contributed by atoms with E-state index in [1.807, 2.05) is 25.1 Å². The Bertz CT molecular complexity index is 1160. The van der Waals surface area contributed by atoms with E-state index in [0.29, 0.717) is 41.1 Å². The number of benzene rings is 1. The highest BCUT2D eigenvalue weighted by Crippen LogP contribution is 2.54. The molecule has 36 heavy (non-hydrogen) atoms. The zero-order chi connectivity index (χ0) is 25.8. The van der Waals surface area contributed by atoms with Gasteiger partial charge in [0.2, 0.25) is 11.8 Å². The average Bonchev–Trinajstić information content (AvgIpc) is 3.34. The number of aryl methyl sites for hydroxylation is 1. The molecule has 0 unspecified atom stereocenters. The van der Waals surface area contributed by atoms with Gasteiger partial charge >= 0.3 is 0 Å². The molecule has 1 saturated heterocycles. The molecule has 2 aliphatic carbocycles. The molecule has 3 fully saturated rings. The lowest BCUT2D eigenvalue weighted by atomic mass is 9.66. The zero-order valence-corrected chi connectivity index (χ0v) is 22.8. The van der Waals surface area contributed by atoms with E-state index in [4.69, 9.17) is 16.1 Å². The number of anilines is 1. The van der Waals surface area contributed by atoms with E-state index in [1.165, 1.54) is 12.0 Å². The Balaban J connectivity index is 1.39. The van der Waals surface area contributed by atoms with Gasteiger partial charge in [0.15, 0.2) is 0 Å². The Morgan fingerprint density at radius 1 is 1.17 bits per heavy atom. The number of halogens is 1. The smallest absolute Gasteiger partial charge is 0.230 e. The molecule has 1 aromatic heterocycles. The van der Waals surface area contributed by atoms with Crippen molar-refractivity contribution in [1.82, 2.24) is 10.1 Å². The maximum absolute atomic E-state index is 13.5. The largest absolute Gasteiger partial charge is 0.361 e. The zero-order valence-electron chi connectivity index (χ0n) is 22.1. The van der Waals surface area contributed by atoms with E-state index in [1.54, 1.807) is 11.8 Å². The van der Waals surface area contributed by atoms with Gasteiger partial charge in [0.1, 0.15) is 5.76 Å². The van der Waals surface area contributed by atoms with Crippen molar-refractivity contribution in [3.05, 3.63) is 45.8 Å². The van der Waals surface area contributed by atoms with Gasteiger partial charge in [0.25, 0.3) is 0 Å². The van der Waals surface area contributed by atoms with Gasteiger partial charge in [-0.05, 0) is 74.0 Å². The fraction of sp³-hybridized carbons (Fsp3) is 0.621. The standard InChI is InChI=1S/C29H38ClN3O3/c1-16-6-9-24(23(30)10-16)31-28(35)22-15-33(17(2)34)14-21(22)26-25(19-7-8-19)27(36-32-26)20-11-18(12-20)13-29(3,4)5/h6,9-10,18-22H,7-8,11-15H2,1-5H3,(H,31,35)/t18-,20+,21-,22-/m0/s1. The highest BCUT2D eigenvalue weighted by atomic mass is 35.5. The number of likely N-dealkylation sites (tertiary alicyclic amines) is 1. The molecule has 1 N–H and O–H groups in total. The normalized spacial score (nSPS) is 26.1. The van der Waals surface area contributed by atoms with Crippen LogP contribution in [0.2, 0.25) is 5.02 Å². The van der Waals surface area contributed by atoms with Crippen molar-refractivity contribution in [2.45, 2.75) is 84.5 Å². The third-order valence-electron chi connectivity index (χ3n) is 8.11. The van der Waals surface area contributed by atoms with Crippen molar-refractivity contribution in [3.63, 3.8) is 0 Å². The summed E-state index contributed by atoms with van der Waals surface area (Å²) in [4.78, 5) is 27.6. The van der Waals surface area contributed by atoms with Crippen LogP contribution in [0.15, 0.2) is 22.7 Å². The van der Waals surface area contributed by atoms with Gasteiger partial charge in [0, 0.05) is 37.4 Å². The van der Waals surface area contributed by atoms with Crippen LogP contribution in [-0.2, 0) is 9.59 Å². The lowest BCUT2D eigenvalue weighted by molar-refractivity contribution is -0.128. The minimum atomic E-state index is -0.406. The predicted molar refractivity (Wildman–Crippen MR) is 141 cm³/mol. The molecular weight excluding hydrogens is 474 g/mol. The van der Waals surface area contributed by atoms with Crippen LogP contribution in [0.5, 0.6) is 0 Å². The first-order valence-electron chi connectivity index (χ1n) is 13.3. The number of amides is 2. The lowest BCUT2D eigenvalue weighted by Crippen LogP contribution is -2.30. The monoisotopic (exact) mass is 511 g/mol. The van der Waals surface area contributed by atoms with Gasteiger partial charge in [-0.3, -0.25) is 9.59 Å². The number of carbonyl (C=O) groups excluding carboxylic acids is 2. The van der Waals surface area contributed by atoms with E-state index >= 15 is 0 Å². The van der Waals surface area contributed by atoms with Gasteiger partial charge in [-0.25, -0.2) is 0 Å². The predicted octanol–water partition coefficient (Wildman–Crippen LogP) is 6.64. The second-order valence-corrected chi connectivity index (χ2v) is 12.9. The summed E-state index contributed by atoms with van der Waals surface area (Å²) >= 11 is 6.39. The molecule has 1 aromatic carbocycles. The molecule has 1 aliphatic heterocycles. The van der Waals surface area contributed by atoms with E-state index in [0.717, 1.165) is 48.6 Å². The molecule has 5 rings (SSSR count). The SMILES string of the molecule is CC(=O)N1C[C@H](C(=O)Nc2ccc(C)cc2Cl)[C@@H](c2noc([C@H]3C[C@@H](CC(C)(C)C)C3)c2C2CC2)C1. The summed E-state index contributed by atoms with van der Waals surface area (Å²) in [6, 6.07) is 5.60. The molecule has 2 atom stereocenters. The van der Waals surface area contributed by atoms with E-state index in [-0.39, 0.29) is 17.7 Å². The van der Waals surface area contributed by atoms with Crippen molar-refractivity contribution in [2.75, 3.05) is 18.4 Å². The minimum Gasteiger partial charge on any atom is -0.361 e. The van der Waals surface area contributed by atoms with Gasteiger partial charge in [-0.1, -0.05) is 43.6 Å². The quantitative estimate of drug-likeness (QED) is 0.471. The van der Waals surface area contributed by atoms with Crippen LogP contribution in [0.3, 0.4) is 0 Å². The number of rotatable bonds is 6. The fourth-order valence-corrected chi connectivity index (χ4v) is 6.48. The lowest BCUT2D eigenvalue weighted by Gasteiger charge is -2.38. The van der Waals surface area contributed by atoms with Crippen molar-refractivity contribution in [2.24, 2.45) is 17.3 Å². The maximum atomic E-state index is 13.5. The van der Waals surface area contributed by atoms with Crippen LogP contribution < -0.4 is 5.32 Å². The van der Waals surface area contributed by atoms with Crippen LogP contribution in [0.1, 0.15) is 100 Å². The minimum absolute atomic E-state index is 0.0237. The summed E-state index contributed by atoms with van der Waals surface area (Å²) in [5.41, 5.74) is 4.09. The number of aromatic nitrogens is 1. The molecule has 0 bridgehead atoms. The molecule has 2 heterocycles. The Morgan fingerprint density at radius 2 is 1.89 bits per heavy atom. The molecule has 2 amide bonds. The Kier molecular flexibility index (Phi) is 6.69. The number of carbonyl (C=O) groups is 2. The molecule has 3 aliphatic rings. The van der Waals surface area contributed by atoms with Crippen LogP contribution in [0.25, 0.3) is 0 Å². The highest BCUT2D eigenvalue weighted by molar-refractivity contribution is 6.33. The summed E-state index contributed by atoms with van der Waals surface area (Å²) in [7, 11) is 0. The van der Waals surface area contributed by atoms with Crippen molar-refractivity contribution >= 4 is 29.1 Å². The molecule has 2 aromatic rings. The molecule has 194 valence electrons. The molecule has 6 nitrogen and oxygen atoms in total.